The van der Waals surface area contributed by atoms with Crippen LogP contribution in [-0.4, -0.2) is 75.2 Å². The predicted octanol–water partition coefficient (Wildman–Crippen LogP) is 5.20. The van der Waals surface area contributed by atoms with Gasteiger partial charge in [-0.2, -0.15) is 0 Å². The van der Waals surface area contributed by atoms with Gasteiger partial charge in [0.15, 0.2) is 0 Å². The Kier molecular flexibility index (Phi) is 25.0. The van der Waals surface area contributed by atoms with Crippen molar-refractivity contribution in [1.29, 1.82) is 0 Å². The van der Waals surface area contributed by atoms with Crippen LogP contribution in [0.5, 0.6) is 0 Å². The third-order valence-corrected chi connectivity index (χ3v) is 2.09. The number of hydrogen-bond acceptors (Lipinski definition) is 6. The smallest absolute Gasteiger partial charge is 0.382 e. The molecule has 0 rings (SSSR count). The van der Waals surface area contributed by atoms with Crippen molar-refractivity contribution in [2.45, 2.75) is 66.5 Å². The monoisotopic (exact) mass is 428 g/mol. The van der Waals surface area contributed by atoms with Crippen LogP contribution in [0.1, 0.15) is 55.4 Å². The van der Waals surface area contributed by atoms with Gasteiger partial charge in [0.25, 0.3) is 0 Å². The fourth-order valence-electron chi connectivity index (χ4n) is 0.858. The van der Waals surface area contributed by atoms with Gasteiger partial charge in [-0.1, -0.05) is 55.4 Å². The summed E-state index contributed by atoms with van der Waals surface area (Å²) in [7, 11) is 8.35. The average molecular weight is 428 g/mol. The number of nitrogens with zero attached hydrogens (tertiary/aromatic N) is 8. The summed E-state index contributed by atoms with van der Waals surface area (Å²) in [5, 5.41) is 14.8. The Labute approximate surface area is 179 Å². The van der Waals surface area contributed by atoms with Crippen LogP contribution in [0.15, 0.2) is 20.7 Å². The van der Waals surface area contributed by atoms with Gasteiger partial charge in [-0.05, 0) is 52.4 Å². The minimum Gasteiger partial charge on any atom is -0.382 e. The van der Waals surface area contributed by atoms with Crippen molar-refractivity contribution in [2.24, 2.45) is 20.7 Å². The van der Waals surface area contributed by atoms with Gasteiger partial charge in [0, 0.05) is 13.1 Å². The Balaban J connectivity index is -0.000000145. The first-order chi connectivity index (χ1) is 11.7. The molecule has 0 N–H and O–H groups in total. The van der Waals surface area contributed by atoms with Crippen LogP contribution in [0.3, 0.4) is 0 Å². The van der Waals surface area contributed by atoms with Crippen molar-refractivity contribution in [3.8, 4) is 0 Å². The van der Waals surface area contributed by atoms with Crippen LogP contribution in [0.2, 0.25) is 0 Å². The van der Waals surface area contributed by atoms with E-state index in [4.69, 9.17) is 0 Å². The molecular weight excluding hydrogens is 384 g/mol. The molecule has 0 aliphatic carbocycles. The summed E-state index contributed by atoms with van der Waals surface area (Å²) in [5.74, 6) is 0. The van der Waals surface area contributed by atoms with E-state index < -0.39 is 0 Å². The molecular formula is C18H44FeN8+2. The molecule has 8 nitrogen and oxygen atoms in total. The molecule has 0 bridgehead atoms. The summed E-state index contributed by atoms with van der Waals surface area (Å²) >= 11 is 0. The molecule has 0 aliphatic heterocycles. The number of rotatable bonds is 7. The van der Waals surface area contributed by atoms with E-state index in [9.17, 15) is 0 Å². The van der Waals surface area contributed by atoms with Crippen LogP contribution < -0.4 is 0 Å². The van der Waals surface area contributed by atoms with Gasteiger partial charge in [0.2, 0.25) is 0 Å². The molecule has 0 saturated carbocycles. The van der Waals surface area contributed by atoms with Crippen LogP contribution in [0.4, 0.5) is 0 Å². The van der Waals surface area contributed by atoms with E-state index in [1.165, 1.54) is 0 Å². The minimum absolute atomic E-state index is 0. The van der Waals surface area contributed by atoms with Gasteiger partial charge in [-0.25, -0.2) is 0 Å². The van der Waals surface area contributed by atoms with Gasteiger partial charge >= 0.3 is 17.1 Å². The molecule has 0 aromatic heterocycles. The maximum atomic E-state index is 3.90. The first-order valence-corrected chi connectivity index (χ1v) is 9.22. The molecule has 0 aliphatic rings. The molecule has 0 aromatic rings. The molecule has 0 unspecified atom stereocenters. The fourth-order valence-corrected chi connectivity index (χ4v) is 0.858. The number of hydrogen-bond donors (Lipinski definition) is 0. The quantitative estimate of drug-likeness (QED) is 0.317. The topological polar surface area (TPSA) is 84.1 Å². The molecule has 9 heteroatoms. The Bertz CT molecular complexity index is 336. The van der Waals surface area contributed by atoms with E-state index in [1.54, 1.807) is 0 Å². The zero-order valence-corrected chi connectivity index (χ0v) is 20.9. The number of likely N-dealkylation sites (N-methyl/N-ethyl adjacent to an activating group) is 2. The molecule has 0 heterocycles. The Hall–Kier alpha value is -0.761. The van der Waals surface area contributed by atoms with E-state index in [-0.39, 0.29) is 28.1 Å². The molecule has 0 amide bonds. The van der Waals surface area contributed by atoms with Gasteiger partial charge in [-0.15, -0.1) is 0 Å². The fraction of sp³-hybridized carbons (Fsp3) is 1.00. The van der Waals surface area contributed by atoms with Crippen LogP contribution in [0.25, 0.3) is 10.9 Å². The Morgan fingerprint density at radius 1 is 0.778 bits per heavy atom. The van der Waals surface area contributed by atoms with Crippen molar-refractivity contribution in [3.05, 3.63) is 10.9 Å². The zero-order chi connectivity index (χ0) is 21.2. The first-order valence-electron chi connectivity index (χ1n) is 9.22. The van der Waals surface area contributed by atoms with E-state index in [0.29, 0.717) is 13.1 Å². The molecule has 0 atom stereocenters. The first kappa shape index (κ1) is 33.8. The summed E-state index contributed by atoms with van der Waals surface area (Å²) in [6.45, 7) is 19.5. The molecule has 0 fully saturated rings. The van der Waals surface area contributed by atoms with E-state index in [2.05, 4.69) is 69.5 Å². The minimum atomic E-state index is -0.0847. The summed E-state index contributed by atoms with van der Waals surface area (Å²) in [4.78, 5) is 4.36. The van der Waals surface area contributed by atoms with E-state index >= 15 is 0 Å². The maximum absolute atomic E-state index is 3.90. The predicted molar refractivity (Wildman–Crippen MR) is 114 cm³/mol. The van der Waals surface area contributed by atoms with Gasteiger partial charge in [0.05, 0.1) is 0 Å². The third-order valence-electron chi connectivity index (χ3n) is 2.09. The van der Waals surface area contributed by atoms with Crippen molar-refractivity contribution in [2.75, 3.05) is 54.4 Å². The second-order valence-corrected chi connectivity index (χ2v) is 8.24. The van der Waals surface area contributed by atoms with Crippen molar-refractivity contribution in [1.82, 2.24) is 9.80 Å². The molecule has 27 heavy (non-hydrogen) atoms. The summed E-state index contributed by atoms with van der Waals surface area (Å²) in [5.41, 5.74) is 7.45. The Morgan fingerprint density at radius 2 is 1.22 bits per heavy atom. The molecule has 162 valence electrons. The van der Waals surface area contributed by atoms with Gasteiger partial charge in [0.1, 0.15) is 0 Å². The van der Waals surface area contributed by atoms with E-state index in [0.717, 1.165) is 13.1 Å². The SMILES string of the molecule is CCN=N[N-]C(C)(C)C.CC[N-]N=NC(C)(C)C.CN(C)CCN(C)C.[Fe+4]. The maximum Gasteiger partial charge on any atom is 4.00 e. The molecule has 0 spiro atoms. The average Bonchev–Trinajstić information content (AvgIpc) is 2.44. The molecule has 0 saturated heterocycles. The van der Waals surface area contributed by atoms with Crippen molar-refractivity contribution >= 4 is 0 Å². The van der Waals surface area contributed by atoms with Crippen molar-refractivity contribution in [3.63, 3.8) is 0 Å². The van der Waals surface area contributed by atoms with E-state index in [1.807, 2.05) is 55.4 Å². The summed E-state index contributed by atoms with van der Waals surface area (Å²) in [6.07, 6.45) is 0. The molecule has 0 radical (unpaired) electrons. The van der Waals surface area contributed by atoms with Crippen LogP contribution in [0, 0.1) is 0 Å². The van der Waals surface area contributed by atoms with Gasteiger partial charge < -0.3 is 30.9 Å². The van der Waals surface area contributed by atoms with Crippen LogP contribution in [-0.2, 0) is 17.1 Å². The summed E-state index contributed by atoms with van der Waals surface area (Å²) < 4.78 is 0. The Morgan fingerprint density at radius 3 is 1.48 bits per heavy atom. The van der Waals surface area contributed by atoms with Crippen LogP contribution >= 0.6 is 0 Å². The summed E-state index contributed by atoms with van der Waals surface area (Å²) in [6, 6.07) is 0. The third kappa shape index (κ3) is 51.7. The standard InChI is InChI=1S/2C6H14N3.C6H16N2.Fe/c2*1-5-7-9-8-6(2,3)4;1-7(2)5-6-8(3)4;/h2*5H2,1-4H3;5-6H2,1-4H3;/q2*-1;;+4. The largest absolute Gasteiger partial charge is 4.00 e. The normalized spacial score (nSPS) is 11.6. The molecule has 0 aromatic carbocycles. The second kappa shape index (κ2) is 20.0. The van der Waals surface area contributed by atoms with Crippen molar-refractivity contribution < 1.29 is 17.1 Å². The second-order valence-electron chi connectivity index (χ2n) is 8.24. The zero-order valence-electron chi connectivity index (χ0n) is 19.8. The van der Waals surface area contributed by atoms with Gasteiger partial charge in [-0.3, -0.25) is 10.4 Å².